The average molecular weight is 477 g/mol. The zero-order valence-electron chi connectivity index (χ0n) is 20.4. The molecule has 0 aliphatic heterocycles. The normalized spacial score (nSPS) is 15.2. The summed E-state index contributed by atoms with van der Waals surface area (Å²) in [6.45, 7) is 3.96. The molecule has 0 spiro atoms. The van der Waals surface area contributed by atoms with Crippen molar-refractivity contribution >= 4 is 22.7 Å². The maximum atomic E-state index is 15.1. The molecule has 4 rings (SSSR count). The molecule has 1 aromatic heterocycles. The number of pyridine rings is 1. The van der Waals surface area contributed by atoms with Gasteiger partial charge in [0, 0.05) is 29.1 Å². The standard InChI is InChI=1S/C28H33FN4O2/c1-17-9-8-13-22(29)25(17)27-21(15-31-16-24(30)34)26(20-12-6-7-14-23(20)33-27)28(35)32-18(2)19-10-4-3-5-11-19/h6-9,12-14,18-19,31H,3-5,10-11,15-16H2,1-2H3,(H2,30,34)(H,32,35)/t18-/m0/s1. The molecule has 0 saturated heterocycles. The summed E-state index contributed by atoms with van der Waals surface area (Å²) < 4.78 is 15.1. The second-order valence-electron chi connectivity index (χ2n) is 9.49. The lowest BCUT2D eigenvalue weighted by Gasteiger charge is -2.29. The van der Waals surface area contributed by atoms with Crippen LogP contribution in [0.5, 0.6) is 0 Å². The van der Waals surface area contributed by atoms with Gasteiger partial charge in [-0.2, -0.15) is 0 Å². The maximum absolute atomic E-state index is 15.1. The number of carbonyl (C=O) groups is 2. The summed E-state index contributed by atoms with van der Waals surface area (Å²) in [5, 5.41) is 6.92. The number of nitrogens with two attached hydrogens (primary N) is 1. The predicted molar refractivity (Wildman–Crippen MR) is 136 cm³/mol. The lowest BCUT2D eigenvalue weighted by Crippen LogP contribution is -2.39. The number of carbonyl (C=O) groups excluding carboxylic acids is 2. The smallest absolute Gasteiger partial charge is 0.252 e. The van der Waals surface area contributed by atoms with Crippen molar-refractivity contribution in [1.82, 2.24) is 15.6 Å². The number of aromatic nitrogens is 1. The third-order valence-electron chi connectivity index (χ3n) is 7.00. The predicted octanol–water partition coefficient (Wildman–Crippen LogP) is 4.62. The van der Waals surface area contributed by atoms with Crippen molar-refractivity contribution in [2.45, 2.75) is 58.5 Å². The molecule has 4 N–H and O–H groups in total. The minimum atomic E-state index is -0.515. The molecular formula is C28H33FN4O2. The zero-order chi connectivity index (χ0) is 24.9. The van der Waals surface area contributed by atoms with Crippen molar-refractivity contribution in [2.75, 3.05) is 6.54 Å². The van der Waals surface area contributed by atoms with Crippen LogP contribution in [0.1, 0.15) is 60.5 Å². The molecule has 2 aromatic carbocycles. The van der Waals surface area contributed by atoms with E-state index in [-0.39, 0.29) is 25.0 Å². The highest BCUT2D eigenvalue weighted by Gasteiger charge is 2.27. The summed E-state index contributed by atoms with van der Waals surface area (Å²) >= 11 is 0. The van der Waals surface area contributed by atoms with E-state index in [4.69, 9.17) is 10.7 Å². The zero-order valence-corrected chi connectivity index (χ0v) is 20.4. The number of rotatable bonds is 8. The van der Waals surface area contributed by atoms with Crippen LogP contribution in [0, 0.1) is 18.7 Å². The summed E-state index contributed by atoms with van der Waals surface area (Å²) in [5.74, 6) is -0.705. The van der Waals surface area contributed by atoms with Crippen LogP contribution in [0.2, 0.25) is 0 Å². The van der Waals surface area contributed by atoms with Gasteiger partial charge in [0.2, 0.25) is 5.91 Å². The highest BCUT2D eigenvalue weighted by molar-refractivity contribution is 6.09. The van der Waals surface area contributed by atoms with Crippen LogP contribution in [0.3, 0.4) is 0 Å². The fraction of sp³-hybridized carbons (Fsp3) is 0.393. The second-order valence-corrected chi connectivity index (χ2v) is 9.49. The Morgan fingerprint density at radius 1 is 1.11 bits per heavy atom. The van der Waals surface area contributed by atoms with Crippen LogP contribution in [-0.2, 0) is 11.3 Å². The van der Waals surface area contributed by atoms with Gasteiger partial charge < -0.3 is 16.4 Å². The molecule has 3 aromatic rings. The van der Waals surface area contributed by atoms with Gasteiger partial charge in [0.15, 0.2) is 0 Å². The lowest BCUT2D eigenvalue weighted by atomic mass is 9.84. The third-order valence-corrected chi connectivity index (χ3v) is 7.00. The summed E-state index contributed by atoms with van der Waals surface area (Å²) in [7, 11) is 0. The van der Waals surface area contributed by atoms with Crippen molar-refractivity contribution in [3.63, 3.8) is 0 Å². The van der Waals surface area contributed by atoms with E-state index in [1.807, 2.05) is 37.3 Å². The molecule has 184 valence electrons. The summed E-state index contributed by atoms with van der Waals surface area (Å²) in [6, 6.07) is 12.3. The highest BCUT2D eigenvalue weighted by Crippen LogP contribution is 2.34. The van der Waals surface area contributed by atoms with Crippen molar-refractivity contribution in [3.8, 4) is 11.3 Å². The number of hydrogen-bond donors (Lipinski definition) is 3. The van der Waals surface area contributed by atoms with Crippen LogP contribution in [-0.4, -0.2) is 29.4 Å². The molecule has 7 heteroatoms. The molecule has 1 heterocycles. The molecule has 6 nitrogen and oxygen atoms in total. The SMILES string of the molecule is Cc1cccc(F)c1-c1nc2ccccc2c(C(=O)N[C@@H](C)C2CCCCC2)c1CNCC(N)=O. The largest absolute Gasteiger partial charge is 0.369 e. The van der Waals surface area contributed by atoms with Gasteiger partial charge in [0.1, 0.15) is 5.82 Å². The summed E-state index contributed by atoms with van der Waals surface area (Å²) in [6.07, 6.45) is 5.81. The number of amides is 2. The second kappa shape index (κ2) is 11.0. The van der Waals surface area contributed by atoms with E-state index < -0.39 is 11.7 Å². The fourth-order valence-electron chi connectivity index (χ4n) is 5.16. The number of hydrogen-bond acceptors (Lipinski definition) is 4. The Hall–Kier alpha value is -3.32. The Balaban J connectivity index is 1.86. The molecule has 0 unspecified atom stereocenters. The lowest BCUT2D eigenvalue weighted by molar-refractivity contribution is -0.117. The van der Waals surface area contributed by atoms with Crippen LogP contribution < -0.4 is 16.4 Å². The quantitative estimate of drug-likeness (QED) is 0.442. The first-order chi connectivity index (χ1) is 16.9. The molecule has 1 aliphatic rings. The number of aryl methyl sites for hydroxylation is 1. The number of fused-ring (bicyclic) bond motifs is 1. The van der Waals surface area contributed by atoms with Crippen molar-refractivity contribution < 1.29 is 14.0 Å². The molecule has 1 atom stereocenters. The molecule has 2 amide bonds. The Morgan fingerprint density at radius 3 is 2.57 bits per heavy atom. The first kappa shape index (κ1) is 24.8. The Kier molecular flexibility index (Phi) is 7.76. The van der Waals surface area contributed by atoms with Crippen molar-refractivity contribution in [2.24, 2.45) is 11.7 Å². The number of nitrogens with one attached hydrogen (secondary N) is 2. The van der Waals surface area contributed by atoms with Gasteiger partial charge in [0.05, 0.1) is 23.3 Å². The molecule has 1 aliphatic carbocycles. The molecule has 1 saturated carbocycles. The monoisotopic (exact) mass is 476 g/mol. The number of para-hydroxylation sites is 1. The number of benzene rings is 2. The first-order valence-corrected chi connectivity index (χ1v) is 12.3. The van der Waals surface area contributed by atoms with E-state index in [1.54, 1.807) is 6.07 Å². The van der Waals surface area contributed by atoms with Crippen LogP contribution in [0.15, 0.2) is 42.5 Å². The minimum absolute atomic E-state index is 0.0137. The van der Waals surface area contributed by atoms with Gasteiger partial charge in [-0.1, -0.05) is 49.6 Å². The number of halogens is 1. The van der Waals surface area contributed by atoms with Gasteiger partial charge in [-0.15, -0.1) is 0 Å². The van der Waals surface area contributed by atoms with E-state index in [0.29, 0.717) is 44.8 Å². The first-order valence-electron chi connectivity index (χ1n) is 12.3. The molecule has 35 heavy (non-hydrogen) atoms. The van der Waals surface area contributed by atoms with E-state index in [0.717, 1.165) is 12.8 Å². The van der Waals surface area contributed by atoms with Gasteiger partial charge in [-0.25, -0.2) is 9.37 Å². The minimum Gasteiger partial charge on any atom is -0.369 e. The van der Waals surface area contributed by atoms with E-state index in [2.05, 4.69) is 17.6 Å². The van der Waals surface area contributed by atoms with Crippen molar-refractivity contribution in [1.29, 1.82) is 0 Å². The maximum Gasteiger partial charge on any atom is 0.252 e. The molecule has 0 radical (unpaired) electrons. The van der Waals surface area contributed by atoms with Gasteiger partial charge in [-0.05, 0) is 50.3 Å². The average Bonchev–Trinajstić information content (AvgIpc) is 2.84. The van der Waals surface area contributed by atoms with Crippen LogP contribution in [0.25, 0.3) is 22.2 Å². The third kappa shape index (κ3) is 5.51. The van der Waals surface area contributed by atoms with Gasteiger partial charge >= 0.3 is 0 Å². The van der Waals surface area contributed by atoms with Gasteiger partial charge in [0.25, 0.3) is 5.91 Å². The van der Waals surface area contributed by atoms with E-state index >= 15 is 4.39 Å². The topological polar surface area (TPSA) is 97.1 Å². The molecule has 1 fully saturated rings. The Labute approximate surface area is 205 Å². The van der Waals surface area contributed by atoms with Crippen LogP contribution in [0.4, 0.5) is 4.39 Å². The van der Waals surface area contributed by atoms with Gasteiger partial charge in [-0.3, -0.25) is 9.59 Å². The summed E-state index contributed by atoms with van der Waals surface area (Å²) in [4.78, 5) is 30.0. The Bertz CT molecular complexity index is 1220. The Morgan fingerprint density at radius 2 is 1.86 bits per heavy atom. The summed E-state index contributed by atoms with van der Waals surface area (Å²) in [5.41, 5.74) is 8.40. The molecule has 0 bridgehead atoms. The number of primary amides is 1. The fourth-order valence-corrected chi connectivity index (χ4v) is 5.16. The van der Waals surface area contributed by atoms with E-state index in [1.165, 1.54) is 25.3 Å². The van der Waals surface area contributed by atoms with E-state index in [9.17, 15) is 9.59 Å². The number of nitrogens with zero attached hydrogens (tertiary/aromatic N) is 1. The van der Waals surface area contributed by atoms with Crippen molar-refractivity contribution in [3.05, 3.63) is 65.0 Å². The highest BCUT2D eigenvalue weighted by atomic mass is 19.1. The van der Waals surface area contributed by atoms with Crippen LogP contribution >= 0.6 is 0 Å². The molecular weight excluding hydrogens is 443 g/mol.